The van der Waals surface area contributed by atoms with E-state index in [9.17, 15) is 5.11 Å². The fourth-order valence-corrected chi connectivity index (χ4v) is 3.56. The first-order chi connectivity index (χ1) is 8.76. The number of phenolic OH excluding ortho intramolecular Hbond substituents is 1. The van der Waals surface area contributed by atoms with Gasteiger partial charge in [-0.3, -0.25) is 0 Å². The molecule has 18 heavy (non-hydrogen) atoms. The Hall–Kier alpha value is -1.22. The van der Waals surface area contributed by atoms with Crippen LogP contribution in [0.2, 0.25) is 0 Å². The Bertz CT molecular complexity index is 433. The van der Waals surface area contributed by atoms with Crippen molar-refractivity contribution in [2.45, 2.75) is 38.3 Å². The maximum Gasteiger partial charge on any atom is 0.123 e. The molecule has 0 aromatic heterocycles. The van der Waals surface area contributed by atoms with E-state index in [-0.39, 0.29) is 0 Å². The van der Waals surface area contributed by atoms with E-state index >= 15 is 0 Å². The molecule has 0 amide bonds. The van der Waals surface area contributed by atoms with Crippen LogP contribution >= 0.6 is 0 Å². The van der Waals surface area contributed by atoms with Gasteiger partial charge < -0.3 is 15.2 Å². The second-order valence-electron chi connectivity index (χ2n) is 5.66. The predicted molar refractivity (Wildman–Crippen MR) is 70.7 cm³/mol. The normalized spacial score (nSPS) is 29.7. The van der Waals surface area contributed by atoms with E-state index in [1.165, 1.54) is 25.7 Å². The maximum absolute atomic E-state index is 9.91. The fraction of sp³-hybridized carbons (Fsp3) is 0.600. The van der Waals surface area contributed by atoms with E-state index in [0.717, 1.165) is 23.9 Å². The second-order valence-corrected chi connectivity index (χ2v) is 5.66. The van der Waals surface area contributed by atoms with Gasteiger partial charge in [-0.15, -0.1) is 0 Å². The number of fused-ring (bicyclic) bond motifs is 2. The van der Waals surface area contributed by atoms with Gasteiger partial charge in [0.2, 0.25) is 0 Å². The maximum atomic E-state index is 9.91. The van der Waals surface area contributed by atoms with E-state index in [2.05, 4.69) is 5.32 Å². The highest BCUT2D eigenvalue weighted by Gasteiger charge is 2.38. The third kappa shape index (κ3) is 2.19. The summed E-state index contributed by atoms with van der Waals surface area (Å²) in [5, 5.41) is 13.5. The number of nitrogens with one attached hydrogen (secondary N) is 1. The molecule has 2 saturated carbocycles. The third-order valence-corrected chi connectivity index (χ3v) is 4.59. The molecule has 2 fully saturated rings. The van der Waals surface area contributed by atoms with Gasteiger partial charge in [-0.25, -0.2) is 0 Å². The van der Waals surface area contributed by atoms with Crippen molar-refractivity contribution in [2.24, 2.45) is 11.8 Å². The summed E-state index contributed by atoms with van der Waals surface area (Å²) in [6, 6.07) is 6.18. The Morgan fingerprint density at radius 1 is 1.33 bits per heavy atom. The summed E-state index contributed by atoms with van der Waals surface area (Å²) in [4.78, 5) is 0. The smallest absolute Gasteiger partial charge is 0.123 e. The molecule has 2 aliphatic carbocycles. The highest BCUT2D eigenvalue weighted by Crippen LogP contribution is 2.44. The number of hydrogen-bond acceptors (Lipinski definition) is 3. The fourth-order valence-electron chi connectivity index (χ4n) is 3.56. The molecule has 1 aromatic carbocycles. The molecule has 0 aliphatic heterocycles. The minimum absolute atomic E-state index is 0.324. The summed E-state index contributed by atoms with van der Waals surface area (Å²) in [6.45, 7) is 0.754. The second kappa shape index (κ2) is 4.81. The van der Waals surface area contributed by atoms with Gasteiger partial charge in [0, 0.05) is 24.2 Å². The molecule has 3 unspecified atom stereocenters. The van der Waals surface area contributed by atoms with Gasteiger partial charge in [-0.1, -0.05) is 12.5 Å². The summed E-state index contributed by atoms with van der Waals surface area (Å²) < 4.78 is 5.09. The Labute approximate surface area is 108 Å². The summed E-state index contributed by atoms with van der Waals surface area (Å²) in [5.74, 6) is 2.86. The lowest BCUT2D eigenvalue weighted by molar-refractivity contribution is 0.347. The topological polar surface area (TPSA) is 41.5 Å². The lowest BCUT2D eigenvalue weighted by atomic mass is 9.95. The third-order valence-electron chi connectivity index (χ3n) is 4.59. The zero-order valence-corrected chi connectivity index (χ0v) is 10.9. The van der Waals surface area contributed by atoms with E-state index in [1.807, 2.05) is 12.1 Å². The van der Waals surface area contributed by atoms with Gasteiger partial charge in [0.1, 0.15) is 11.5 Å². The van der Waals surface area contributed by atoms with Crippen LogP contribution in [-0.4, -0.2) is 18.3 Å². The predicted octanol–water partition coefficient (Wildman–Crippen LogP) is 2.68. The minimum Gasteiger partial charge on any atom is -0.507 e. The van der Waals surface area contributed by atoms with Crippen molar-refractivity contribution in [2.75, 3.05) is 7.11 Å². The number of methoxy groups -OCH3 is 1. The van der Waals surface area contributed by atoms with E-state index in [0.29, 0.717) is 17.5 Å². The summed E-state index contributed by atoms with van der Waals surface area (Å²) >= 11 is 0. The molecule has 0 spiro atoms. The molecule has 3 heteroatoms. The number of aromatic hydroxyl groups is 1. The summed E-state index contributed by atoms with van der Waals surface area (Å²) in [5.41, 5.74) is 0.957. The molecular weight excluding hydrogens is 226 g/mol. The van der Waals surface area contributed by atoms with Crippen molar-refractivity contribution in [3.63, 3.8) is 0 Å². The molecule has 3 nitrogen and oxygen atoms in total. The van der Waals surface area contributed by atoms with Crippen molar-refractivity contribution in [3.8, 4) is 11.5 Å². The highest BCUT2D eigenvalue weighted by atomic mass is 16.5. The van der Waals surface area contributed by atoms with Crippen LogP contribution in [0.3, 0.4) is 0 Å². The molecule has 3 atom stereocenters. The SMILES string of the molecule is COc1ccc(CNC2CC3CCC2C3)c(O)c1. The Kier molecular flexibility index (Phi) is 3.16. The van der Waals surface area contributed by atoms with Crippen LogP contribution < -0.4 is 10.1 Å². The first-order valence-electron chi connectivity index (χ1n) is 6.85. The van der Waals surface area contributed by atoms with Crippen LogP contribution in [0.1, 0.15) is 31.2 Å². The van der Waals surface area contributed by atoms with Gasteiger partial charge >= 0.3 is 0 Å². The van der Waals surface area contributed by atoms with Crippen LogP contribution in [0.4, 0.5) is 0 Å². The van der Waals surface area contributed by atoms with E-state index in [4.69, 9.17) is 4.74 Å². The summed E-state index contributed by atoms with van der Waals surface area (Å²) in [7, 11) is 1.61. The van der Waals surface area contributed by atoms with Gasteiger partial charge in [0.05, 0.1) is 7.11 Å². The standard InChI is InChI=1S/C15H21NO2/c1-18-13-5-4-12(15(17)8-13)9-16-14-7-10-2-3-11(14)6-10/h4-5,8,10-11,14,16-17H,2-3,6-7,9H2,1H3. The Morgan fingerprint density at radius 3 is 2.83 bits per heavy atom. The Balaban J connectivity index is 1.60. The van der Waals surface area contributed by atoms with Crippen LogP contribution in [-0.2, 0) is 6.54 Å². The number of benzene rings is 1. The molecule has 2 aliphatic rings. The van der Waals surface area contributed by atoms with E-state index < -0.39 is 0 Å². The number of hydrogen-bond donors (Lipinski definition) is 2. The number of rotatable bonds is 4. The van der Waals surface area contributed by atoms with Gasteiger partial charge in [-0.2, -0.15) is 0 Å². The Morgan fingerprint density at radius 2 is 2.22 bits per heavy atom. The molecule has 3 rings (SSSR count). The lowest BCUT2D eigenvalue weighted by Crippen LogP contribution is -2.33. The number of phenols is 1. The monoisotopic (exact) mass is 247 g/mol. The van der Waals surface area contributed by atoms with Gasteiger partial charge in [-0.05, 0) is 37.2 Å². The average Bonchev–Trinajstić information content (AvgIpc) is 2.99. The van der Waals surface area contributed by atoms with Crippen LogP contribution in [0.5, 0.6) is 11.5 Å². The zero-order valence-electron chi connectivity index (χ0n) is 10.9. The molecule has 2 bridgehead atoms. The molecular formula is C15H21NO2. The van der Waals surface area contributed by atoms with Crippen molar-refractivity contribution in [1.29, 1.82) is 0 Å². The van der Waals surface area contributed by atoms with Crippen LogP contribution in [0.25, 0.3) is 0 Å². The van der Waals surface area contributed by atoms with Crippen LogP contribution in [0, 0.1) is 11.8 Å². The van der Waals surface area contributed by atoms with Gasteiger partial charge in [0.15, 0.2) is 0 Å². The van der Waals surface area contributed by atoms with Crippen molar-refractivity contribution < 1.29 is 9.84 Å². The molecule has 2 N–H and O–H groups in total. The molecule has 1 aromatic rings. The van der Waals surface area contributed by atoms with Crippen molar-refractivity contribution in [3.05, 3.63) is 23.8 Å². The van der Waals surface area contributed by atoms with Crippen molar-refractivity contribution >= 4 is 0 Å². The van der Waals surface area contributed by atoms with Gasteiger partial charge in [0.25, 0.3) is 0 Å². The number of ether oxygens (including phenoxy) is 1. The lowest BCUT2D eigenvalue weighted by Gasteiger charge is -2.23. The minimum atomic E-state index is 0.324. The highest BCUT2D eigenvalue weighted by molar-refractivity contribution is 5.39. The first kappa shape index (κ1) is 11.8. The quantitative estimate of drug-likeness (QED) is 0.859. The average molecular weight is 247 g/mol. The van der Waals surface area contributed by atoms with Crippen LogP contribution in [0.15, 0.2) is 18.2 Å². The van der Waals surface area contributed by atoms with E-state index in [1.54, 1.807) is 13.2 Å². The zero-order chi connectivity index (χ0) is 12.5. The molecule has 0 saturated heterocycles. The largest absolute Gasteiger partial charge is 0.507 e. The first-order valence-corrected chi connectivity index (χ1v) is 6.85. The molecule has 98 valence electrons. The van der Waals surface area contributed by atoms with Crippen molar-refractivity contribution in [1.82, 2.24) is 5.32 Å². The summed E-state index contributed by atoms with van der Waals surface area (Å²) in [6.07, 6.45) is 5.54. The molecule has 0 radical (unpaired) electrons. The molecule has 0 heterocycles.